The van der Waals surface area contributed by atoms with E-state index in [0.717, 1.165) is 4.90 Å². The lowest BCUT2D eigenvalue weighted by Gasteiger charge is -2.34. The van der Waals surface area contributed by atoms with Crippen LogP contribution in [0.5, 0.6) is 0 Å². The first-order valence-electron chi connectivity index (χ1n) is 12.5. The van der Waals surface area contributed by atoms with Crippen molar-refractivity contribution in [3.8, 4) is 17.2 Å². The fraction of sp³-hybridized carbons (Fsp3) is 0.321. The highest BCUT2D eigenvalue weighted by Gasteiger charge is 2.53. The van der Waals surface area contributed by atoms with Crippen molar-refractivity contribution < 1.29 is 28.6 Å². The third-order valence-corrected chi connectivity index (χ3v) is 6.91. The first kappa shape index (κ1) is 29.6. The van der Waals surface area contributed by atoms with Crippen LogP contribution in [0.2, 0.25) is 5.02 Å². The van der Waals surface area contributed by atoms with E-state index in [1.165, 1.54) is 30.6 Å². The summed E-state index contributed by atoms with van der Waals surface area (Å²) in [5, 5.41) is 35.5. The normalized spacial score (nSPS) is 17.9. The quantitative estimate of drug-likeness (QED) is 0.344. The summed E-state index contributed by atoms with van der Waals surface area (Å²) in [6, 6.07) is 11.8. The standard InChI is InChI=1S/C28H27ClF2N6O4/c1-27(2,3)15-28(20-7-4-16(5-8-20)19-12-33-36(13-19)24(30)31)23(39)37(25(35-28)34-26(40)41)22(14-38)17-6-9-21(29)18(10-17)11-32/h4-10,12-13,22,24,38H,14-15H2,1-3H3,(H,34,35)(H,40,41)/t22-,28?/m1/s1. The summed E-state index contributed by atoms with van der Waals surface area (Å²) in [5.41, 5.74) is -0.178. The Labute approximate surface area is 239 Å². The highest BCUT2D eigenvalue weighted by atomic mass is 35.5. The SMILES string of the molecule is CC(C)(C)CC1(c2ccc(-c3cnn(C(F)F)c3)cc2)N=C(NC(=O)O)N([C@H](CO)c2ccc(Cl)c(C#N)c2)C1=O. The van der Waals surface area contributed by atoms with Gasteiger partial charge >= 0.3 is 12.6 Å². The first-order valence-corrected chi connectivity index (χ1v) is 12.8. The summed E-state index contributed by atoms with van der Waals surface area (Å²) in [6.07, 6.45) is 1.19. The molecule has 0 saturated heterocycles. The average Bonchev–Trinajstić information content (AvgIpc) is 3.49. The van der Waals surface area contributed by atoms with Crippen molar-refractivity contribution in [2.45, 2.75) is 45.3 Å². The molecule has 2 amide bonds. The maximum absolute atomic E-state index is 14.4. The van der Waals surface area contributed by atoms with Gasteiger partial charge < -0.3 is 10.2 Å². The van der Waals surface area contributed by atoms with Crippen LogP contribution in [-0.2, 0) is 10.3 Å². The third kappa shape index (κ3) is 5.91. The molecule has 13 heteroatoms. The van der Waals surface area contributed by atoms with Crippen LogP contribution in [0.25, 0.3) is 11.1 Å². The van der Waals surface area contributed by atoms with Crippen molar-refractivity contribution in [3.05, 3.63) is 76.6 Å². The Balaban J connectivity index is 1.84. The number of benzene rings is 2. The summed E-state index contributed by atoms with van der Waals surface area (Å²) in [4.78, 5) is 31.9. The number of rotatable bonds is 7. The number of carbonyl (C=O) groups is 2. The number of halogens is 3. The van der Waals surface area contributed by atoms with Crippen LogP contribution in [0.4, 0.5) is 13.6 Å². The van der Waals surface area contributed by atoms with E-state index in [1.54, 1.807) is 24.3 Å². The number of aromatic nitrogens is 2. The molecule has 0 aliphatic carbocycles. The number of guanidine groups is 1. The van der Waals surface area contributed by atoms with Gasteiger partial charge in [0.05, 0.1) is 29.4 Å². The number of nitriles is 1. The highest BCUT2D eigenvalue weighted by Crippen LogP contribution is 2.45. The number of hydrogen-bond donors (Lipinski definition) is 3. The van der Waals surface area contributed by atoms with Crippen LogP contribution in [0.15, 0.2) is 59.9 Å². The van der Waals surface area contributed by atoms with Crippen molar-refractivity contribution >= 4 is 29.6 Å². The number of hydrogen-bond acceptors (Lipinski definition) is 6. The molecule has 2 atom stereocenters. The fourth-order valence-corrected chi connectivity index (χ4v) is 5.09. The van der Waals surface area contributed by atoms with Crippen LogP contribution in [0.3, 0.4) is 0 Å². The second-order valence-corrected chi connectivity index (χ2v) is 11.2. The van der Waals surface area contributed by atoms with Crippen molar-refractivity contribution in [1.29, 1.82) is 5.26 Å². The summed E-state index contributed by atoms with van der Waals surface area (Å²) in [7, 11) is 0. The van der Waals surface area contributed by atoms with E-state index in [1.807, 2.05) is 26.8 Å². The molecule has 214 valence electrons. The maximum atomic E-state index is 14.4. The number of aliphatic imine (C=N–C) groups is 1. The number of carbonyl (C=O) groups excluding carboxylic acids is 1. The van der Waals surface area contributed by atoms with Gasteiger partial charge in [0.25, 0.3) is 5.91 Å². The van der Waals surface area contributed by atoms with E-state index in [4.69, 9.17) is 11.6 Å². The molecule has 1 aliphatic rings. The fourth-order valence-electron chi connectivity index (χ4n) is 4.93. The van der Waals surface area contributed by atoms with Gasteiger partial charge in [0.15, 0.2) is 5.54 Å². The summed E-state index contributed by atoms with van der Waals surface area (Å²) < 4.78 is 26.6. The number of nitrogens with zero attached hydrogens (tertiary/aromatic N) is 5. The largest absolute Gasteiger partial charge is 0.465 e. The van der Waals surface area contributed by atoms with Gasteiger partial charge in [-0.05, 0) is 40.7 Å². The Bertz CT molecular complexity index is 1540. The van der Waals surface area contributed by atoms with Crippen LogP contribution >= 0.6 is 11.6 Å². The number of alkyl halides is 2. The predicted octanol–water partition coefficient (Wildman–Crippen LogP) is 5.30. The molecule has 4 rings (SSSR count). The first-order chi connectivity index (χ1) is 19.3. The zero-order valence-electron chi connectivity index (χ0n) is 22.3. The predicted molar refractivity (Wildman–Crippen MR) is 146 cm³/mol. The minimum absolute atomic E-state index is 0.116. The van der Waals surface area contributed by atoms with Gasteiger partial charge in [-0.1, -0.05) is 62.7 Å². The Kier molecular flexibility index (Phi) is 8.15. The molecule has 1 unspecified atom stereocenters. The lowest BCUT2D eigenvalue weighted by Crippen LogP contribution is -2.49. The number of carboxylic acid groups (broad SMARTS) is 1. The van der Waals surface area contributed by atoms with Gasteiger partial charge in [0.1, 0.15) is 6.07 Å². The number of aliphatic hydroxyl groups is 1. The van der Waals surface area contributed by atoms with Crippen molar-refractivity contribution in [2.24, 2.45) is 10.4 Å². The molecule has 0 saturated carbocycles. The highest BCUT2D eigenvalue weighted by molar-refractivity contribution is 6.31. The van der Waals surface area contributed by atoms with Crippen LogP contribution in [0.1, 0.15) is 56.5 Å². The molecular formula is C28H27ClF2N6O4. The Morgan fingerprint density at radius 2 is 1.88 bits per heavy atom. The average molecular weight is 585 g/mol. The van der Waals surface area contributed by atoms with E-state index >= 15 is 0 Å². The van der Waals surface area contributed by atoms with Crippen molar-refractivity contribution in [1.82, 2.24) is 20.0 Å². The molecule has 3 aromatic rings. The van der Waals surface area contributed by atoms with Gasteiger partial charge in [-0.2, -0.15) is 19.1 Å². The second kappa shape index (κ2) is 11.3. The second-order valence-electron chi connectivity index (χ2n) is 10.8. The molecule has 0 radical (unpaired) electrons. The van der Waals surface area contributed by atoms with Gasteiger partial charge in [0.2, 0.25) is 5.96 Å². The minimum Gasteiger partial charge on any atom is -0.465 e. The van der Waals surface area contributed by atoms with E-state index in [2.05, 4.69) is 15.4 Å². The zero-order chi connectivity index (χ0) is 30.1. The summed E-state index contributed by atoms with van der Waals surface area (Å²) >= 11 is 6.08. The Hall–Kier alpha value is -4.34. The lowest BCUT2D eigenvalue weighted by atomic mass is 9.75. The summed E-state index contributed by atoms with van der Waals surface area (Å²) in [6.45, 7) is 2.30. The molecule has 0 spiro atoms. The number of aliphatic hydroxyl groups excluding tert-OH is 1. The zero-order valence-corrected chi connectivity index (χ0v) is 23.1. The topological polar surface area (TPSA) is 144 Å². The lowest BCUT2D eigenvalue weighted by molar-refractivity contribution is -0.135. The Morgan fingerprint density at radius 3 is 2.41 bits per heavy atom. The monoisotopic (exact) mass is 584 g/mol. The van der Waals surface area contributed by atoms with E-state index in [-0.39, 0.29) is 23.0 Å². The molecular weight excluding hydrogens is 558 g/mol. The smallest absolute Gasteiger partial charge is 0.411 e. The molecule has 3 N–H and O–H groups in total. The van der Waals surface area contributed by atoms with Gasteiger partial charge in [-0.25, -0.2) is 14.5 Å². The van der Waals surface area contributed by atoms with Gasteiger partial charge in [0, 0.05) is 11.8 Å². The molecule has 10 nitrogen and oxygen atoms in total. The maximum Gasteiger partial charge on any atom is 0.411 e. The van der Waals surface area contributed by atoms with Gasteiger partial charge in [-0.3, -0.25) is 15.0 Å². The van der Waals surface area contributed by atoms with E-state index in [9.17, 15) is 33.8 Å². The molecule has 1 aliphatic heterocycles. The van der Waals surface area contributed by atoms with Crippen LogP contribution in [-0.4, -0.2) is 49.5 Å². The van der Waals surface area contributed by atoms with Crippen LogP contribution in [0, 0.1) is 16.7 Å². The minimum atomic E-state index is -2.79. The number of nitrogens with one attached hydrogen (secondary N) is 1. The molecule has 2 heterocycles. The number of amides is 2. The molecule has 2 aromatic carbocycles. The summed E-state index contributed by atoms with van der Waals surface area (Å²) in [5.74, 6) is -0.886. The molecule has 0 bridgehead atoms. The van der Waals surface area contributed by atoms with Crippen molar-refractivity contribution in [2.75, 3.05) is 6.61 Å². The third-order valence-electron chi connectivity index (χ3n) is 6.58. The molecule has 0 fully saturated rings. The van der Waals surface area contributed by atoms with Crippen molar-refractivity contribution in [3.63, 3.8) is 0 Å². The van der Waals surface area contributed by atoms with E-state index < -0.39 is 42.2 Å². The Morgan fingerprint density at radius 1 is 1.20 bits per heavy atom. The molecule has 41 heavy (non-hydrogen) atoms. The molecule has 1 aromatic heterocycles. The van der Waals surface area contributed by atoms with Gasteiger partial charge in [-0.15, -0.1) is 0 Å². The van der Waals surface area contributed by atoms with E-state index in [0.29, 0.717) is 26.9 Å². The van der Waals surface area contributed by atoms with Crippen LogP contribution < -0.4 is 5.32 Å².